The number of rotatable bonds is 7. The van der Waals surface area contributed by atoms with E-state index < -0.39 is 10.0 Å². The summed E-state index contributed by atoms with van der Waals surface area (Å²) in [6.07, 6.45) is -0.00232. The van der Waals surface area contributed by atoms with Crippen LogP contribution >= 0.6 is 11.6 Å². The Hall–Kier alpha value is -2.09. The van der Waals surface area contributed by atoms with Crippen LogP contribution in [0.2, 0.25) is 5.02 Å². The fourth-order valence-corrected chi connectivity index (χ4v) is 3.69. The number of hydrogen-bond acceptors (Lipinski definition) is 4. The van der Waals surface area contributed by atoms with Crippen LogP contribution < -0.4 is 15.6 Å². The summed E-state index contributed by atoms with van der Waals surface area (Å²) >= 11 is 5.85. The van der Waals surface area contributed by atoms with E-state index in [1.54, 1.807) is 43.3 Å². The van der Waals surface area contributed by atoms with Gasteiger partial charge in [-0.05, 0) is 49.2 Å². The molecule has 2 rings (SSSR count). The minimum absolute atomic E-state index is 0.00122. The Kier molecular flexibility index (Phi) is 6.41. The molecule has 25 heavy (non-hydrogen) atoms. The SMILES string of the molecule is Cc1ccc(C)c(S(=O)(=O)NCCC(=O)NNc2cccc(Cl)c2)c1. The van der Waals surface area contributed by atoms with Crippen LogP contribution in [0.1, 0.15) is 17.5 Å². The molecule has 1 amide bonds. The fraction of sp³-hybridized carbons (Fsp3) is 0.235. The van der Waals surface area contributed by atoms with Crippen molar-refractivity contribution in [2.45, 2.75) is 25.2 Å². The van der Waals surface area contributed by atoms with E-state index in [-0.39, 0.29) is 23.8 Å². The van der Waals surface area contributed by atoms with E-state index in [4.69, 9.17) is 11.6 Å². The quantitative estimate of drug-likeness (QED) is 0.643. The molecule has 0 atom stereocenters. The average Bonchev–Trinajstić information content (AvgIpc) is 2.55. The largest absolute Gasteiger partial charge is 0.299 e. The summed E-state index contributed by atoms with van der Waals surface area (Å²) in [6.45, 7) is 3.56. The molecule has 0 aliphatic heterocycles. The number of carbonyl (C=O) groups is 1. The van der Waals surface area contributed by atoms with Gasteiger partial charge in [-0.3, -0.25) is 15.6 Å². The number of sulfonamides is 1. The van der Waals surface area contributed by atoms with Crippen molar-refractivity contribution in [3.8, 4) is 0 Å². The highest BCUT2D eigenvalue weighted by atomic mass is 35.5. The molecule has 0 aromatic heterocycles. The molecule has 0 bridgehead atoms. The Morgan fingerprint density at radius 3 is 2.60 bits per heavy atom. The number of nitrogens with one attached hydrogen (secondary N) is 3. The van der Waals surface area contributed by atoms with Crippen molar-refractivity contribution >= 4 is 33.2 Å². The van der Waals surface area contributed by atoms with E-state index in [0.717, 1.165) is 5.56 Å². The van der Waals surface area contributed by atoms with Crippen LogP contribution in [0.4, 0.5) is 5.69 Å². The number of halogens is 1. The van der Waals surface area contributed by atoms with Crippen LogP contribution in [0.25, 0.3) is 0 Å². The van der Waals surface area contributed by atoms with Gasteiger partial charge in [0.05, 0.1) is 10.6 Å². The Morgan fingerprint density at radius 1 is 1.12 bits per heavy atom. The van der Waals surface area contributed by atoms with Gasteiger partial charge in [0.25, 0.3) is 0 Å². The molecule has 2 aromatic rings. The van der Waals surface area contributed by atoms with Crippen LogP contribution in [0, 0.1) is 13.8 Å². The summed E-state index contributed by atoms with van der Waals surface area (Å²) in [5.41, 5.74) is 7.36. The first kappa shape index (κ1) is 19.2. The number of carbonyl (C=O) groups excluding carboxylic acids is 1. The van der Waals surface area contributed by atoms with Gasteiger partial charge < -0.3 is 0 Å². The molecular formula is C17H20ClN3O3S. The van der Waals surface area contributed by atoms with Crippen molar-refractivity contribution in [3.63, 3.8) is 0 Å². The van der Waals surface area contributed by atoms with Crippen LogP contribution in [0.3, 0.4) is 0 Å². The third-order valence-electron chi connectivity index (χ3n) is 3.45. The third-order valence-corrected chi connectivity index (χ3v) is 5.29. The summed E-state index contributed by atoms with van der Waals surface area (Å²) in [7, 11) is -3.65. The molecule has 8 heteroatoms. The Labute approximate surface area is 152 Å². The average molecular weight is 382 g/mol. The highest BCUT2D eigenvalue weighted by molar-refractivity contribution is 7.89. The molecular weight excluding hydrogens is 362 g/mol. The van der Waals surface area contributed by atoms with E-state index in [0.29, 0.717) is 16.3 Å². The van der Waals surface area contributed by atoms with Gasteiger partial charge in [0.1, 0.15) is 0 Å². The molecule has 0 heterocycles. The molecule has 2 aromatic carbocycles. The van der Waals surface area contributed by atoms with Crippen molar-refractivity contribution in [1.82, 2.24) is 10.1 Å². The molecule has 0 unspecified atom stereocenters. The van der Waals surface area contributed by atoms with Crippen molar-refractivity contribution in [2.24, 2.45) is 0 Å². The number of amides is 1. The lowest BCUT2D eigenvalue weighted by atomic mass is 10.2. The van der Waals surface area contributed by atoms with Gasteiger partial charge in [-0.1, -0.05) is 29.8 Å². The fourth-order valence-electron chi connectivity index (χ4n) is 2.14. The summed E-state index contributed by atoms with van der Waals surface area (Å²) in [5, 5.41) is 0.542. The second kappa shape index (κ2) is 8.33. The lowest BCUT2D eigenvalue weighted by Crippen LogP contribution is -2.33. The zero-order valence-electron chi connectivity index (χ0n) is 14.0. The molecule has 0 saturated heterocycles. The predicted molar refractivity (Wildman–Crippen MR) is 98.9 cm³/mol. The zero-order valence-corrected chi connectivity index (χ0v) is 15.5. The van der Waals surface area contributed by atoms with Crippen LogP contribution in [0.15, 0.2) is 47.4 Å². The molecule has 0 spiro atoms. The number of hydrazine groups is 1. The molecule has 3 N–H and O–H groups in total. The topological polar surface area (TPSA) is 87.3 Å². The third kappa shape index (κ3) is 5.74. The van der Waals surface area contributed by atoms with E-state index in [1.165, 1.54) is 0 Å². The highest BCUT2D eigenvalue weighted by Crippen LogP contribution is 2.16. The van der Waals surface area contributed by atoms with E-state index >= 15 is 0 Å². The highest BCUT2D eigenvalue weighted by Gasteiger charge is 2.16. The van der Waals surface area contributed by atoms with Gasteiger partial charge in [0.2, 0.25) is 15.9 Å². The minimum Gasteiger partial charge on any atom is -0.299 e. The normalized spacial score (nSPS) is 11.2. The number of hydrogen-bond donors (Lipinski definition) is 3. The monoisotopic (exact) mass is 381 g/mol. The van der Waals surface area contributed by atoms with Crippen molar-refractivity contribution in [2.75, 3.05) is 12.0 Å². The van der Waals surface area contributed by atoms with Crippen molar-refractivity contribution in [1.29, 1.82) is 0 Å². The maximum atomic E-state index is 12.3. The van der Waals surface area contributed by atoms with Crippen molar-refractivity contribution < 1.29 is 13.2 Å². The van der Waals surface area contributed by atoms with Crippen LogP contribution in [-0.2, 0) is 14.8 Å². The summed E-state index contributed by atoms with van der Waals surface area (Å²) in [6, 6.07) is 12.1. The standard InChI is InChI=1S/C17H20ClN3O3S/c1-12-6-7-13(2)16(10-12)25(23,24)19-9-8-17(22)21-20-15-5-3-4-14(18)11-15/h3-7,10-11,19-20H,8-9H2,1-2H3,(H,21,22). The number of anilines is 1. The Bertz CT molecular complexity index is 869. The molecule has 0 saturated carbocycles. The van der Waals surface area contributed by atoms with E-state index in [9.17, 15) is 13.2 Å². The molecule has 0 radical (unpaired) electrons. The van der Waals surface area contributed by atoms with Gasteiger partial charge in [0, 0.05) is 18.0 Å². The second-order valence-corrected chi connectivity index (χ2v) is 7.77. The van der Waals surface area contributed by atoms with Gasteiger partial charge in [-0.25, -0.2) is 13.1 Å². The van der Waals surface area contributed by atoms with Gasteiger partial charge in [0.15, 0.2) is 0 Å². The van der Waals surface area contributed by atoms with Crippen molar-refractivity contribution in [3.05, 3.63) is 58.6 Å². The number of benzene rings is 2. The van der Waals surface area contributed by atoms with Gasteiger partial charge in [-0.2, -0.15) is 0 Å². The molecule has 0 aliphatic rings. The first-order chi connectivity index (χ1) is 11.8. The first-order valence-electron chi connectivity index (χ1n) is 7.65. The van der Waals surface area contributed by atoms with Crippen LogP contribution in [0.5, 0.6) is 0 Å². The maximum Gasteiger partial charge on any atom is 0.240 e. The summed E-state index contributed by atoms with van der Waals surface area (Å²) < 4.78 is 27.1. The first-order valence-corrected chi connectivity index (χ1v) is 9.51. The Morgan fingerprint density at radius 2 is 1.88 bits per heavy atom. The molecule has 6 nitrogen and oxygen atoms in total. The number of aryl methyl sites for hydroxylation is 2. The van der Waals surface area contributed by atoms with Gasteiger partial charge in [-0.15, -0.1) is 0 Å². The van der Waals surface area contributed by atoms with E-state index in [1.807, 2.05) is 13.0 Å². The lowest BCUT2D eigenvalue weighted by molar-refractivity contribution is -0.120. The van der Waals surface area contributed by atoms with E-state index in [2.05, 4.69) is 15.6 Å². The van der Waals surface area contributed by atoms with Gasteiger partial charge >= 0.3 is 0 Å². The van der Waals surface area contributed by atoms with Crippen LogP contribution in [-0.4, -0.2) is 20.9 Å². The molecule has 0 aliphatic carbocycles. The Balaban J connectivity index is 1.85. The molecule has 0 fully saturated rings. The second-order valence-electron chi connectivity index (χ2n) is 5.60. The molecule has 134 valence electrons. The summed E-state index contributed by atoms with van der Waals surface area (Å²) in [5.74, 6) is -0.344. The predicted octanol–water partition coefficient (Wildman–Crippen LogP) is 2.77. The smallest absolute Gasteiger partial charge is 0.240 e. The summed E-state index contributed by atoms with van der Waals surface area (Å²) in [4.78, 5) is 12.0. The zero-order chi connectivity index (χ0) is 18.4. The maximum absolute atomic E-state index is 12.3. The lowest BCUT2D eigenvalue weighted by Gasteiger charge is -2.11. The minimum atomic E-state index is -3.65.